The van der Waals surface area contributed by atoms with E-state index in [1.807, 2.05) is 0 Å². The van der Waals surface area contributed by atoms with Crippen molar-refractivity contribution in [2.45, 2.75) is 12.5 Å². The van der Waals surface area contributed by atoms with Gasteiger partial charge in [0, 0.05) is 24.4 Å². The lowest BCUT2D eigenvalue weighted by molar-refractivity contribution is -0.136. The molecule has 198 valence electrons. The van der Waals surface area contributed by atoms with E-state index in [0.29, 0.717) is 16.8 Å². The highest BCUT2D eigenvalue weighted by Gasteiger charge is 2.26. The summed E-state index contributed by atoms with van der Waals surface area (Å²) in [5.74, 6) is -2.86. The van der Waals surface area contributed by atoms with Crippen molar-refractivity contribution < 1.29 is 23.9 Å². The summed E-state index contributed by atoms with van der Waals surface area (Å²) in [6.07, 6.45) is 3.33. The van der Waals surface area contributed by atoms with E-state index in [4.69, 9.17) is 16.7 Å². The highest BCUT2D eigenvalue weighted by atomic mass is 35.5. The minimum absolute atomic E-state index is 0.0446. The van der Waals surface area contributed by atoms with Gasteiger partial charge in [-0.2, -0.15) is 0 Å². The van der Waals surface area contributed by atoms with Gasteiger partial charge in [0.15, 0.2) is 12.1 Å². The van der Waals surface area contributed by atoms with Crippen LogP contribution in [0.2, 0.25) is 5.02 Å². The Morgan fingerprint density at radius 1 is 1.10 bits per heavy atom. The van der Waals surface area contributed by atoms with Crippen LogP contribution in [0.5, 0.6) is 0 Å². The van der Waals surface area contributed by atoms with Gasteiger partial charge in [-0.3, -0.25) is 14.4 Å². The van der Waals surface area contributed by atoms with Gasteiger partial charge in [-0.05, 0) is 46.7 Å². The summed E-state index contributed by atoms with van der Waals surface area (Å²) >= 11 is 5.94. The van der Waals surface area contributed by atoms with Crippen LogP contribution in [-0.2, 0) is 20.8 Å². The van der Waals surface area contributed by atoms with Crippen LogP contribution in [0.15, 0.2) is 79.1 Å². The van der Waals surface area contributed by atoms with Crippen molar-refractivity contribution in [1.29, 1.82) is 0 Å². The molecule has 10 nitrogen and oxygen atoms in total. The Kier molecular flexibility index (Phi) is 8.42. The maximum atomic E-state index is 14.9. The number of carboxylic acid groups (broad SMARTS) is 1. The molecular weight excluding hydrogens is 527 g/mol. The van der Waals surface area contributed by atoms with Crippen LogP contribution in [0.1, 0.15) is 22.7 Å². The van der Waals surface area contributed by atoms with E-state index < -0.39 is 29.6 Å². The molecule has 1 aromatic heterocycles. The van der Waals surface area contributed by atoms with Crippen LogP contribution in [-0.4, -0.2) is 50.1 Å². The average Bonchev–Trinajstić information content (AvgIpc) is 3.47. The third kappa shape index (κ3) is 6.51. The fourth-order valence-electron chi connectivity index (χ4n) is 3.78. The van der Waals surface area contributed by atoms with Crippen LogP contribution in [0.4, 0.5) is 10.1 Å². The number of carbonyl (C=O) groups is 3. The summed E-state index contributed by atoms with van der Waals surface area (Å²) in [6, 6.07) is 16.9. The van der Waals surface area contributed by atoms with Gasteiger partial charge in [0.1, 0.15) is 6.04 Å². The molecule has 0 saturated carbocycles. The Morgan fingerprint density at radius 3 is 2.46 bits per heavy atom. The minimum Gasteiger partial charge on any atom is -0.481 e. The second-order valence-corrected chi connectivity index (χ2v) is 8.75. The van der Waals surface area contributed by atoms with Crippen LogP contribution in [0.3, 0.4) is 0 Å². The third-order valence-corrected chi connectivity index (χ3v) is 6.04. The van der Waals surface area contributed by atoms with Gasteiger partial charge in [-0.25, -0.2) is 4.39 Å². The third-order valence-electron chi connectivity index (χ3n) is 5.75. The fraction of sp³-hybridized carbons (Fsp3) is 0.111. The topological polar surface area (TPSA) is 130 Å². The molecule has 0 aliphatic carbocycles. The van der Waals surface area contributed by atoms with Crippen LogP contribution in [0.25, 0.3) is 11.8 Å². The summed E-state index contributed by atoms with van der Waals surface area (Å²) < 4.78 is 14.9. The van der Waals surface area contributed by atoms with E-state index in [-0.39, 0.29) is 22.7 Å². The molecule has 2 amide bonds. The number of carbonyl (C=O) groups excluding carboxylic acids is 2. The summed E-state index contributed by atoms with van der Waals surface area (Å²) in [7, 11) is 1.55. The SMILES string of the molecule is CN(C(=O)[C@@H](NC(=O)/C=C/c1c(-n2ncnn2)ccc(Cl)c1F)c1ccccc1)c1ccc(CC(=O)O)cc1. The fourth-order valence-corrected chi connectivity index (χ4v) is 3.95. The number of carboxylic acids is 1. The first-order valence-corrected chi connectivity index (χ1v) is 12.0. The maximum Gasteiger partial charge on any atom is 0.307 e. The molecule has 0 unspecified atom stereocenters. The number of rotatable bonds is 9. The zero-order chi connectivity index (χ0) is 27.9. The zero-order valence-electron chi connectivity index (χ0n) is 20.5. The van der Waals surface area contributed by atoms with Crippen molar-refractivity contribution in [3.63, 3.8) is 0 Å². The molecule has 0 aliphatic rings. The molecule has 1 atom stereocenters. The first-order chi connectivity index (χ1) is 18.7. The molecule has 12 heteroatoms. The zero-order valence-corrected chi connectivity index (χ0v) is 21.3. The number of aromatic nitrogens is 4. The van der Waals surface area contributed by atoms with E-state index in [2.05, 4.69) is 20.7 Å². The number of nitrogens with zero attached hydrogens (tertiary/aromatic N) is 5. The van der Waals surface area contributed by atoms with Crippen molar-refractivity contribution >= 4 is 41.1 Å². The quantitative estimate of drug-likeness (QED) is 0.305. The van der Waals surface area contributed by atoms with Gasteiger partial charge >= 0.3 is 5.97 Å². The number of anilines is 1. The molecule has 0 saturated heterocycles. The van der Waals surface area contributed by atoms with Gasteiger partial charge in [-0.1, -0.05) is 54.1 Å². The highest BCUT2D eigenvalue weighted by Crippen LogP contribution is 2.25. The highest BCUT2D eigenvalue weighted by molar-refractivity contribution is 6.31. The summed E-state index contributed by atoms with van der Waals surface area (Å²) in [5.41, 5.74) is 1.78. The van der Waals surface area contributed by atoms with E-state index in [9.17, 15) is 18.8 Å². The Bertz CT molecular complexity index is 1510. The molecule has 1 heterocycles. The molecule has 4 rings (SSSR count). The molecular formula is C27H22ClFN6O4. The van der Waals surface area contributed by atoms with E-state index in [1.54, 1.807) is 61.6 Å². The van der Waals surface area contributed by atoms with Crippen LogP contribution >= 0.6 is 11.6 Å². The summed E-state index contributed by atoms with van der Waals surface area (Å²) in [5, 5.41) is 22.8. The molecule has 0 fully saturated rings. The number of benzene rings is 3. The van der Waals surface area contributed by atoms with Crippen molar-refractivity contribution in [3.8, 4) is 5.69 Å². The Balaban J connectivity index is 1.58. The van der Waals surface area contributed by atoms with Crippen LogP contribution in [0, 0.1) is 5.82 Å². The van der Waals surface area contributed by atoms with Gasteiger partial charge in [0.25, 0.3) is 5.91 Å². The normalized spacial score (nSPS) is 11.8. The Labute approximate surface area is 227 Å². The molecule has 0 radical (unpaired) electrons. The Hall–Kier alpha value is -4.90. The lowest BCUT2D eigenvalue weighted by Gasteiger charge is -2.25. The largest absolute Gasteiger partial charge is 0.481 e. The second kappa shape index (κ2) is 12.1. The smallest absolute Gasteiger partial charge is 0.307 e. The first-order valence-electron chi connectivity index (χ1n) is 11.6. The molecule has 3 aromatic carbocycles. The molecule has 0 spiro atoms. The average molecular weight is 549 g/mol. The van der Waals surface area contributed by atoms with Crippen molar-refractivity contribution in [3.05, 3.63) is 107 Å². The minimum atomic E-state index is -1.08. The van der Waals surface area contributed by atoms with E-state index in [1.165, 1.54) is 29.4 Å². The van der Waals surface area contributed by atoms with Gasteiger partial charge in [-0.15, -0.1) is 15.0 Å². The number of nitrogens with one attached hydrogen (secondary N) is 1. The number of aliphatic carboxylic acids is 1. The summed E-state index contributed by atoms with van der Waals surface area (Å²) in [6.45, 7) is 0. The van der Waals surface area contributed by atoms with Crippen molar-refractivity contribution in [2.75, 3.05) is 11.9 Å². The van der Waals surface area contributed by atoms with Crippen molar-refractivity contribution in [2.24, 2.45) is 0 Å². The second-order valence-electron chi connectivity index (χ2n) is 8.34. The standard InChI is InChI=1S/C27H22ClFN6O4/c1-34(19-9-7-17(8-10-19)15-24(37)38)27(39)26(18-5-3-2-4-6-18)32-23(36)14-11-20-22(35-31-16-30-33-35)13-12-21(28)25(20)29/h2-14,16,26H,15H2,1H3,(H,32,36)(H,37,38)/b14-11+/t26-/m0/s1. The van der Waals surface area contributed by atoms with E-state index >= 15 is 0 Å². The lowest BCUT2D eigenvalue weighted by atomic mass is 10.0. The number of halogens is 2. The maximum absolute atomic E-state index is 14.9. The number of tetrazole rings is 1. The number of likely N-dealkylation sites (N-methyl/N-ethyl adjacent to an activating group) is 1. The molecule has 4 aromatic rings. The molecule has 0 aliphatic heterocycles. The number of hydrogen-bond acceptors (Lipinski definition) is 6. The number of amides is 2. The summed E-state index contributed by atoms with van der Waals surface area (Å²) in [4.78, 5) is 39.9. The van der Waals surface area contributed by atoms with Crippen molar-refractivity contribution in [1.82, 2.24) is 25.5 Å². The lowest BCUT2D eigenvalue weighted by Crippen LogP contribution is -2.41. The van der Waals surface area contributed by atoms with Gasteiger partial charge < -0.3 is 15.3 Å². The van der Waals surface area contributed by atoms with Crippen LogP contribution < -0.4 is 10.2 Å². The van der Waals surface area contributed by atoms with Gasteiger partial charge in [0.2, 0.25) is 5.91 Å². The predicted octanol–water partition coefficient (Wildman–Crippen LogP) is 3.62. The molecule has 0 bridgehead atoms. The molecule has 2 N–H and O–H groups in total. The van der Waals surface area contributed by atoms with Gasteiger partial charge in [0.05, 0.1) is 17.1 Å². The first kappa shape index (κ1) is 27.1. The predicted molar refractivity (Wildman–Crippen MR) is 142 cm³/mol. The molecule has 39 heavy (non-hydrogen) atoms. The van der Waals surface area contributed by atoms with E-state index in [0.717, 1.165) is 10.9 Å². The Morgan fingerprint density at radius 2 is 1.82 bits per heavy atom. The number of hydrogen-bond donors (Lipinski definition) is 2. The monoisotopic (exact) mass is 548 g/mol.